The van der Waals surface area contributed by atoms with Gasteiger partial charge in [-0.15, -0.1) is 10.2 Å². The molecule has 0 aliphatic rings. The largest absolute Gasteiger partial charge is 0.497 e. The lowest BCUT2D eigenvalue weighted by Gasteiger charge is -2.13. The minimum atomic E-state index is -0.0189. The number of nitrogens with zero attached hydrogens (tertiary/aromatic N) is 4. The van der Waals surface area contributed by atoms with E-state index >= 15 is 0 Å². The topological polar surface area (TPSA) is 88.1 Å². The molecule has 0 aliphatic carbocycles. The smallest absolute Gasteiger partial charge is 0.260 e. The average Bonchev–Trinajstić information content (AvgIpc) is 3.02. The van der Waals surface area contributed by atoms with Gasteiger partial charge in [-0.3, -0.25) is 0 Å². The first-order chi connectivity index (χ1) is 13.0. The molecule has 0 saturated carbocycles. The van der Waals surface area contributed by atoms with Gasteiger partial charge in [-0.25, -0.2) is 4.98 Å². The summed E-state index contributed by atoms with van der Waals surface area (Å²) in [4.78, 5) is 4.78. The second kappa shape index (κ2) is 8.24. The maximum Gasteiger partial charge on any atom is 0.260 e. The summed E-state index contributed by atoms with van der Waals surface area (Å²) in [5.74, 6) is 2.60. The van der Waals surface area contributed by atoms with Crippen molar-refractivity contribution >= 4 is 16.9 Å². The number of nitrogens with two attached hydrogens (primary N) is 1. The summed E-state index contributed by atoms with van der Waals surface area (Å²) >= 11 is 0. The Balaban J connectivity index is 2.11. The van der Waals surface area contributed by atoms with E-state index in [1.165, 1.54) is 0 Å². The zero-order valence-corrected chi connectivity index (χ0v) is 16.4. The van der Waals surface area contributed by atoms with Crippen molar-refractivity contribution in [3.8, 4) is 11.6 Å². The van der Waals surface area contributed by atoms with E-state index in [1.807, 2.05) is 26.0 Å². The molecule has 2 N–H and O–H groups in total. The van der Waals surface area contributed by atoms with Gasteiger partial charge in [-0.05, 0) is 38.0 Å². The SMILES string of the molecule is CCCCc1nc2c(N)nnc(OC(C)C)c2n1Cc1ccc(OC)cc1. The van der Waals surface area contributed by atoms with Crippen molar-refractivity contribution in [3.63, 3.8) is 0 Å². The fourth-order valence-electron chi connectivity index (χ4n) is 3.00. The van der Waals surface area contributed by atoms with Crippen molar-refractivity contribution in [3.05, 3.63) is 35.7 Å². The average molecular weight is 369 g/mol. The highest BCUT2D eigenvalue weighted by Crippen LogP contribution is 2.29. The normalized spacial score (nSPS) is 11.3. The van der Waals surface area contributed by atoms with E-state index in [1.54, 1.807) is 7.11 Å². The Morgan fingerprint density at radius 1 is 1.15 bits per heavy atom. The summed E-state index contributed by atoms with van der Waals surface area (Å²) in [6.07, 6.45) is 2.98. The quantitative estimate of drug-likeness (QED) is 0.653. The van der Waals surface area contributed by atoms with Gasteiger partial charge < -0.3 is 19.8 Å². The van der Waals surface area contributed by atoms with E-state index in [9.17, 15) is 0 Å². The van der Waals surface area contributed by atoms with Gasteiger partial charge in [0.15, 0.2) is 5.82 Å². The molecule has 0 bridgehead atoms. The zero-order valence-electron chi connectivity index (χ0n) is 16.4. The third kappa shape index (κ3) is 4.13. The van der Waals surface area contributed by atoms with Gasteiger partial charge in [0.2, 0.25) is 0 Å². The highest BCUT2D eigenvalue weighted by molar-refractivity contribution is 5.88. The molecule has 1 aromatic carbocycles. The number of fused-ring (bicyclic) bond motifs is 1. The number of anilines is 1. The van der Waals surface area contributed by atoms with Gasteiger partial charge in [-0.2, -0.15) is 0 Å². The van der Waals surface area contributed by atoms with Gasteiger partial charge in [0.1, 0.15) is 22.6 Å². The van der Waals surface area contributed by atoms with Crippen molar-refractivity contribution in [2.45, 2.75) is 52.7 Å². The summed E-state index contributed by atoms with van der Waals surface area (Å²) in [5, 5.41) is 8.23. The molecule has 0 amide bonds. The number of methoxy groups -OCH3 is 1. The predicted octanol–water partition coefficient (Wildman–Crippen LogP) is 3.60. The van der Waals surface area contributed by atoms with Crippen molar-refractivity contribution in [2.75, 3.05) is 12.8 Å². The first-order valence-corrected chi connectivity index (χ1v) is 9.34. The van der Waals surface area contributed by atoms with E-state index in [0.29, 0.717) is 23.8 Å². The summed E-state index contributed by atoms with van der Waals surface area (Å²) < 4.78 is 13.3. The van der Waals surface area contributed by atoms with Crippen molar-refractivity contribution in [1.82, 2.24) is 19.7 Å². The molecule has 0 fully saturated rings. The Labute approximate surface area is 159 Å². The first kappa shape index (κ1) is 18.9. The first-order valence-electron chi connectivity index (χ1n) is 9.34. The second-order valence-electron chi connectivity index (χ2n) is 6.82. The highest BCUT2D eigenvalue weighted by atomic mass is 16.5. The number of benzene rings is 1. The Hall–Kier alpha value is -2.83. The number of hydrogen-bond donors (Lipinski definition) is 1. The molecule has 3 rings (SSSR count). The lowest BCUT2D eigenvalue weighted by Crippen LogP contribution is -2.11. The summed E-state index contributed by atoms with van der Waals surface area (Å²) in [6, 6.07) is 8.02. The molecular formula is C20H27N5O2. The summed E-state index contributed by atoms with van der Waals surface area (Å²) in [7, 11) is 1.66. The van der Waals surface area contributed by atoms with E-state index in [4.69, 9.17) is 20.2 Å². The van der Waals surface area contributed by atoms with Crippen molar-refractivity contribution < 1.29 is 9.47 Å². The Morgan fingerprint density at radius 3 is 2.52 bits per heavy atom. The molecule has 7 nitrogen and oxygen atoms in total. The number of hydrogen-bond acceptors (Lipinski definition) is 6. The lowest BCUT2D eigenvalue weighted by molar-refractivity contribution is 0.232. The second-order valence-corrected chi connectivity index (χ2v) is 6.82. The Morgan fingerprint density at radius 2 is 1.89 bits per heavy atom. The number of aryl methyl sites for hydroxylation is 1. The van der Waals surface area contributed by atoms with Crippen LogP contribution in [0.3, 0.4) is 0 Å². The fourth-order valence-corrected chi connectivity index (χ4v) is 3.00. The van der Waals surface area contributed by atoms with Crippen LogP contribution < -0.4 is 15.2 Å². The van der Waals surface area contributed by atoms with Crippen LogP contribution in [0.4, 0.5) is 5.82 Å². The van der Waals surface area contributed by atoms with Gasteiger partial charge in [0.25, 0.3) is 5.88 Å². The molecule has 3 aromatic rings. The molecule has 144 valence electrons. The van der Waals surface area contributed by atoms with Crippen molar-refractivity contribution in [1.29, 1.82) is 0 Å². The van der Waals surface area contributed by atoms with Crippen molar-refractivity contribution in [2.24, 2.45) is 0 Å². The van der Waals surface area contributed by atoms with E-state index in [2.05, 4.69) is 33.8 Å². The summed E-state index contributed by atoms with van der Waals surface area (Å²) in [6.45, 7) is 6.75. The molecule has 0 spiro atoms. The van der Waals surface area contributed by atoms with Gasteiger partial charge >= 0.3 is 0 Å². The standard InChI is InChI=1S/C20H27N5O2/c1-5-6-7-16-22-17-18(20(27-13(2)3)24-23-19(17)21)25(16)12-14-8-10-15(26-4)11-9-14/h8-11,13H,5-7,12H2,1-4H3,(H2,21,23). The van der Waals surface area contributed by atoms with Gasteiger partial charge in [0, 0.05) is 13.0 Å². The molecule has 27 heavy (non-hydrogen) atoms. The molecule has 0 atom stereocenters. The number of rotatable bonds is 8. The van der Waals surface area contributed by atoms with Crippen LogP contribution in [0, 0.1) is 0 Å². The molecule has 2 aromatic heterocycles. The van der Waals surface area contributed by atoms with Crippen LogP contribution in [0.15, 0.2) is 24.3 Å². The number of aromatic nitrogens is 4. The molecule has 2 heterocycles. The zero-order chi connectivity index (χ0) is 19.4. The third-order valence-corrected chi connectivity index (χ3v) is 4.34. The minimum absolute atomic E-state index is 0.0189. The Bertz CT molecular complexity index is 903. The molecule has 0 aliphatic heterocycles. The molecule has 0 saturated heterocycles. The number of nitrogen functional groups attached to an aromatic ring is 1. The lowest BCUT2D eigenvalue weighted by atomic mass is 10.2. The monoisotopic (exact) mass is 369 g/mol. The third-order valence-electron chi connectivity index (χ3n) is 4.34. The fraction of sp³-hybridized carbons (Fsp3) is 0.450. The number of imidazole rings is 1. The van der Waals surface area contributed by atoms with Gasteiger partial charge in [0.05, 0.1) is 13.2 Å². The summed E-state index contributed by atoms with van der Waals surface area (Å²) in [5.41, 5.74) is 8.67. The molecule has 0 radical (unpaired) electrons. The highest BCUT2D eigenvalue weighted by Gasteiger charge is 2.20. The predicted molar refractivity (Wildman–Crippen MR) is 106 cm³/mol. The molecule has 7 heteroatoms. The maximum absolute atomic E-state index is 6.08. The van der Waals surface area contributed by atoms with E-state index in [-0.39, 0.29) is 6.10 Å². The minimum Gasteiger partial charge on any atom is -0.497 e. The van der Waals surface area contributed by atoms with Crippen LogP contribution in [-0.4, -0.2) is 33.0 Å². The maximum atomic E-state index is 6.08. The number of ether oxygens (including phenoxy) is 2. The van der Waals surface area contributed by atoms with Crippen LogP contribution >= 0.6 is 0 Å². The van der Waals surface area contributed by atoms with E-state index < -0.39 is 0 Å². The van der Waals surface area contributed by atoms with Gasteiger partial charge in [-0.1, -0.05) is 25.5 Å². The van der Waals surface area contributed by atoms with Crippen LogP contribution in [0.1, 0.15) is 45.0 Å². The number of unbranched alkanes of at least 4 members (excludes halogenated alkanes) is 1. The van der Waals surface area contributed by atoms with Crippen LogP contribution in [0.5, 0.6) is 11.6 Å². The Kier molecular flexibility index (Phi) is 5.78. The molecule has 0 unspecified atom stereocenters. The van der Waals surface area contributed by atoms with Crippen LogP contribution in [0.2, 0.25) is 0 Å². The van der Waals surface area contributed by atoms with Crippen LogP contribution in [0.25, 0.3) is 11.0 Å². The van der Waals surface area contributed by atoms with E-state index in [0.717, 1.165) is 41.9 Å². The molecular weight excluding hydrogens is 342 g/mol. The van der Waals surface area contributed by atoms with Crippen LogP contribution in [-0.2, 0) is 13.0 Å².